The lowest BCUT2D eigenvalue weighted by molar-refractivity contribution is 0.178. The minimum atomic E-state index is 0.520. The molecule has 0 bridgehead atoms. The van der Waals surface area contributed by atoms with Crippen LogP contribution in [0.2, 0.25) is 0 Å². The molecule has 1 fully saturated rings. The van der Waals surface area contributed by atoms with Gasteiger partial charge in [-0.15, -0.1) is 0 Å². The SMILES string of the molecule is CC(NCCc1ccc(N)cn1)C1CCOC1. The van der Waals surface area contributed by atoms with Crippen molar-refractivity contribution in [3.05, 3.63) is 24.0 Å². The Hall–Kier alpha value is -1.13. The van der Waals surface area contributed by atoms with Gasteiger partial charge in [-0.25, -0.2) is 0 Å². The van der Waals surface area contributed by atoms with Crippen molar-refractivity contribution in [2.45, 2.75) is 25.8 Å². The van der Waals surface area contributed by atoms with Gasteiger partial charge >= 0.3 is 0 Å². The van der Waals surface area contributed by atoms with E-state index in [4.69, 9.17) is 10.5 Å². The molecule has 2 unspecified atom stereocenters. The smallest absolute Gasteiger partial charge is 0.0509 e. The third-order valence-electron chi connectivity index (χ3n) is 3.37. The molecule has 0 saturated carbocycles. The van der Waals surface area contributed by atoms with Crippen LogP contribution in [0.1, 0.15) is 19.0 Å². The zero-order valence-corrected chi connectivity index (χ0v) is 10.4. The van der Waals surface area contributed by atoms with E-state index in [2.05, 4.69) is 17.2 Å². The summed E-state index contributed by atoms with van der Waals surface area (Å²) in [5.74, 6) is 0.661. The average Bonchev–Trinajstić information content (AvgIpc) is 2.85. The number of anilines is 1. The zero-order chi connectivity index (χ0) is 12.1. The Labute approximate surface area is 103 Å². The summed E-state index contributed by atoms with van der Waals surface area (Å²) in [6.07, 6.45) is 3.83. The van der Waals surface area contributed by atoms with Crippen LogP contribution in [0.4, 0.5) is 5.69 Å². The molecule has 0 amide bonds. The van der Waals surface area contributed by atoms with Crippen LogP contribution in [-0.2, 0) is 11.2 Å². The fraction of sp³-hybridized carbons (Fsp3) is 0.615. The van der Waals surface area contributed by atoms with Gasteiger partial charge in [-0.05, 0) is 31.4 Å². The second kappa shape index (κ2) is 5.98. The number of rotatable bonds is 5. The van der Waals surface area contributed by atoms with E-state index >= 15 is 0 Å². The monoisotopic (exact) mass is 235 g/mol. The Kier molecular flexibility index (Phi) is 4.34. The summed E-state index contributed by atoms with van der Waals surface area (Å²) in [6, 6.07) is 4.41. The number of nitrogens with zero attached hydrogens (tertiary/aromatic N) is 1. The van der Waals surface area contributed by atoms with Crippen LogP contribution >= 0.6 is 0 Å². The third kappa shape index (κ3) is 3.68. The highest BCUT2D eigenvalue weighted by Crippen LogP contribution is 2.16. The van der Waals surface area contributed by atoms with E-state index < -0.39 is 0 Å². The van der Waals surface area contributed by atoms with E-state index in [1.807, 2.05) is 12.1 Å². The molecule has 4 heteroatoms. The van der Waals surface area contributed by atoms with Crippen molar-refractivity contribution in [3.63, 3.8) is 0 Å². The molecule has 0 aromatic carbocycles. The van der Waals surface area contributed by atoms with E-state index in [1.54, 1.807) is 6.20 Å². The average molecular weight is 235 g/mol. The lowest BCUT2D eigenvalue weighted by atomic mass is 10.0. The molecule has 0 aliphatic carbocycles. The highest BCUT2D eigenvalue weighted by molar-refractivity contribution is 5.34. The van der Waals surface area contributed by atoms with Crippen LogP contribution in [0.25, 0.3) is 0 Å². The molecule has 2 rings (SSSR count). The number of nitrogens with one attached hydrogen (secondary N) is 1. The molecule has 2 atom stereocenters. The summed E-state index contributed by atoms with van der Waals surface area (Å²) >= 11 is 0. The second-order valence-corrected chi connectivity index (χ2v) is 4.70. The van der Waals surface area contributed by atoms with E-state index in [1.165, 1.54) is 6.42 Å². The van der Waals surface area contributed by atoms with Crippen LogP contribution in [-0.4, -0.2) is 30.8 Å². The highest BCUT2D eigenvalue weighted by atomic mass is 16.5. The lowest BCUT2D eigenvalue weighted by Crippen LogP contribution is -2.35. The quantitative estimate of drug-likeness (QED) is 0.805. The second-order valence-electron chi connectivity index (χ2n) is 4.70. The molecular formula is C13H21N3O. The van der Waals surface area contributed by atoms with E-state index in [0.29, 0.717) is 12.0 Å². The number of aromatic nitrogens is 1. The molecule has 1 saturated heterocycles. The van der Waals surface area contributed by atoms with Crippen molar-refractivity contribution in [3.8, 4) is 0 Å². The summed E-state index contributed by atoms with van der Waals surface area (Å²) in [5, 5.41) is 3.54. The van der Waals surface area contributed by atoms with Crippen LogP contribution in [0.5, 0.6) is 0 Å². The third-order valence-corrected chi connectivity index (χ3v) is 3.37. The van der Waals surface area contributed by atoms with Crippen molar-refractivity contribution >= 4 is 5.69 Å². The summed E-state index contributed by atoms with van der Waals surface area (Å²) in [6.45, 7) is 4.99. The summed E-state index contributed by atoms with van der Waals surface area (Å²) in [4.78, 5) is 4.28. The molecule has 0 spiro atoms. The minimum absolute atomic E-state index is 0.520. The van der Waals surface area contributed by atoms with Crippen LogP contribution < -0.4 is 11.1 Å². The standard InChI is InChI=1S/C13H21N3O/c1-10(11-5-7-17-9-11)15-6-4-13-3-2-12(14)8-16-13/h2-3,8,10-11,15H,4-7,9,14H2,1H3. The first-order chi connectivity index (χ1) is 8.25. The molecule has 0 radical (unpaired) electrons. The first-order valence-corrected chi connectivity index (χ1v) is 6.27. The molecule has 1 aliphatic heterocycles. The number of ether oxygens (including phenoxy) is 1. The zero-order valence-electron chi connectivity index (χ0n) is 10.4. The topological polar surface area (TPSA) is 60.2 Å². The van der Waals surface area contributed by atoms with Gasteiger partial charge in [-0.2, -0.15) is 0 Å². The Morgan fingerprint density at radius 2 is 2.47 bits per heavy atom. The number of nitrogen functional groups attached to an aromatic ring is 1. The Morgan fingerprint density at radius 1 is 1.59 bits per heavy atom. The van der Waals surface area contributed by atoms with Crippen molar-refractivity contribution in [1.29, 1.82) is 0 Å². The van der Waals surface area contributed by atoms with Gasteiger partial charge in [-0.3, -0.25) is 4.98 Å². The molecule has 17 heavy (non-hydrogen) atoms. The molecule has 1 aromatic heterocycles. The molecule has 2 heterocycles. The largest absolute Gasteiger partial charge is 0.397 e. The molecule has 3 N–H and O–H groups in total. The summed E-state index contributed by atoms with van der Waals surface area (Å²) in [5.41, 5.74) is 7.40. The fourth-order valence-corrected chi connectivity index (χ4v) is 2.13. The fourth-order valence-electron chi connectivity index (χ4n) is 2.13. The Balaban J connectivity index is 1.70. The van der Waals surface area contributed by atoms with Crippen molar-refractivity contribution in [1.82, 2.24) is 10.3 Å². The van der Waals surface area contributed by atoms with Gasteiger partial charge in [-0.1, -0.05) is 0 Å². The van der Waals surface area contributed by atoms with Crippen LogP contribution in [0.15, 0.2) is 18.3 Å². The van der Waals surface area contributed by atoms with Gasteiger partial charge in [0, 0.05) is 31.3 Å². The summed E-state index contributed by atoms with van der Waals surface area (Å²) in [7, 11) is 0. The van der Waals surface area contributed by atoms with Crippen LogP contribution in [0, 0.1) is 5.92 Å². The van der Waals surface area contributed by atoms with E-state index in [0.717, 1.165) is 37.6 Å². The van der Waals surface area contributed by atoms with E-state index in [9.17, 15) is 0 Å². The minimum Gasteiger partial charge on any atom is -0.397 e. The molecule has 4 nitrogen and oxygen atoms in total. The van der Waals surface area contributed by atoms with Gasteiger partial charge in [0.25, 0.3) is 0 Å². The van der Waals surface area contributed by atoms with Gasteiger partial charge in [0.15, 0.2) is 0 Å². The Bertz CT molecular complexity index is 333. The van der Waals surface area contributed by atoms with Gasteiger partial charge in [0.2, 0.25) is 0 Å². The van der Waals surface area contributed by atoms with E-state index in [-0.39, 0.29) is 0 Å². The normalized spacial score (nSPS) is 21.6. The van der Waals surface area contributed by atoms with Crippen molar-refractivity contribution < 1.29 is 4.74 Å². The predicted molar refractivity (Wildman–Crippen MR) is 68.7 cm³/mol. The molecular weight excluding hydrogens is 214 g/mol. The van der Waals surface area contributed by atoms with Gasteiger partial charge < -0.3 is 15.8 Å². The van der Waals surface area contributed by atoms with Gasteiger partial charge in [0.05, 0.1) is 18.5 Å². The van der Waals surface area contributed by atoms with Crippen molar-refractivity contribution in [2.24, 2.45) is 5.92 Å². The maximum absolute atomic E-state index is 5.59. The molecule has 1 aromatic rings. The molecule has 94 valence electrons. The maximum atomic E-state index is 5.59. The number of pyridine rings is 1. The number of hydrogen-bond acceptors (Lipinski definition) is 4. The maximum Gasteiger partial charge on any atom is 0.0509 e. The predicted octanol–water partition coefficient (Wildman–Crippen LogP) is 1.22. The number of hydrogen-bond donors (Lipinski definition) is 2. The van der Waals surface area contributed by atoms with Crippen LogP contribution in [0.3, 0.4) is 0 Å². The van der Waals surface area contributed by atoms with Crippen molar-refractivity contribution in [2.75, 3.05) is 25.5 Å². The molecule has 1 aliphatic rings. The summed E-state index contributed by atoms with van der Waals surface area (Å²) < 4.78 is 5.39. The first kappa shape index (κ1) is 12.3. The van der Waals surface area contributed by atoms with Gasteiger partial charge in [0.1, 0.15) is 0 Å². The number of nitrogens with two attached hydrogens (primary N) is 1. The first-order valence-electron chi connectivity index (χ1n) is 6.27. The Morgan fingerprint density at radius 3 is 3.12 bits per heavy atom. The highest BCUT2D eigenvalue weighted by Gasteiger charge is 2.21. The lowest BCUT2D eigenvalue weighted by Gasteiger charge is -2.19.